The topological polar surface area (TPSA) is 73.8 Å². The lowest BCUT2D eigenvalue weighted by Gasteiger charge is -2.31. The van der Waals surface area contributed by atoms with Gasteiger partial charge in [0.1, 0.15) is 22.7 Å². The van der Waals surface area contributed by atoms with Crippen LogP contribution in [0.25, 0.3) is 11.4 Å². The first-order chi connectivity index (χ1) is 13.7. The van der Waals surface area contributed by atoms with Gasteiger partial charge in [0, 0.05) is 12.0 Å². The average molecular weight is 402 g/mol. The fourth-order valence-corrected chi connectivity index (χ4v) is 3.12. The van der Waals surface area contributed by atoms with Crippen molar-refractivity contribution < 1.29 is 19.0 Å². The van der Waals surface area contributed by atoms with E-state index in [9.17, 15) is 4.79 Å². The van der Waals surface area contributed by atoms with Crippen LogP contribution in [-0.4, -0.2) is 43.7 Å². The second-order valence-electron chi connectivity index (χ2n) is 7.73. The number of nitrogens with zero attached hydrogens (tertiary/aromatic N) is 3. The van der Waals surface area contributed by atoms with Crippen LogP contribution in [0.1, 0.15) is 39.8 Å². The van der Waals surface area contributed by atoms with Gasteiger partial charge < -0.3 is 19.1 Å². The van der Waals surface area contributed by atoms with Gasteiger partial charge in [0.2, 0.25) is 11.8 Å². The third-order valence-electron chi connectivity index (χ3n) is 4.47. The Labute approximate surface area is 173 Å². The van der Waals surface area contributed by atoms with Crippen LogP contribution >= 0.6 is 0 Å². The number of hydrogen-bond acceptors (Lipinski definition) is 6. The molecule has 7 heteroatoms. The average Bonchev–Trinajstić information content (AvgIpc) is 2.69. The van der Waals surface area contributed by atoms with E-state index in [-0.39, 0.29) is 5.91 Å². The predicted molar refractivity (Wildman–Crippen MR) is 114 cm³/mol. The Morgan fingerprint density at radius 3 is 2.07 bits per heavy atom. The van der Waals surface area contributed by atoms with Crippen molar-refractivity contribution in [3.63, 3.8) is 0 Å². The van der Waals surface area contributed by atoms with Gasteiger partial charge in [0.05, 0.1) is 27.0 Å². The van der Waals surface area contributed by atoms with Crippen molar-refractivity contribution in [3.8, 4) is 28.8 Å². The molecule has 2 aromatic rings. The largest absolute Gasteiger partial charge is 0.496 e. The number of benzene rings is 1. The monoisotopic (exact) mass is 401 g/mol. The zero-order valence-electron chi connectivity index (χ0n) is 18.6. The Hall–Kier alpha value is -2.83. The molecular formula is C22H31N3O4. The predicted octanol–water partition coefficient (Wildman–Crippen LogP) is 4.27. The SMILES string of the molecule is CCCN(C(=O)C(C)(C)C)c1c(C)nc(-c2c(OC)cccc2OC)nc1OC. The molecule has 0 radical (unpaired) electrons. The Morgan fingerprint density at radius 1 is 1.03 bits per heavy atom. The maximum absolute atomic E-state index is 13.1. The molecule has 1 heterocycles. The molecule has 0 fully saturated rings. The molecule has 158 valence electrons. The summed E-state index contributed by atoms with van der Waals surface area (Å²) in [5.41, 5.74) is 1.32. The molecule has 2 rings (SSSR count). The van der Waals surface area contributed by atoms with E-state index in [1.807, 2.05) is 52.8 Å². The van der Waals surface area contributed by atoms with Crippen LogP contribution in [0.2, 0.25) is 0 Å². The molecule has 1 amide bonds. The Balaban J connectivity index is 2.71. The molecule has 0 saturated heterocycles. The van der Waals surface area contributed by atoms with E-state index in [4.69, 9.17) is 19.2 Å². The first kappa shape index (κ1) is 22.5. The molecule has 0 bridgehead atoms. The number of ether oxygens (including phenoxy) is 3. The molecule has 0 aliphatic rings. The summed E-state index contributed by atoms with van der Waals surface area (Å²) >= 11 is 0. The number of anilines is 1. The summed E-state index contributed by atoms with van der Waals surface area (Å²) < 4.78 is 16.6. The fourth-order valence-electron chi connectivity index (χ4n) is 3.12. The summed E-state index contributed by atoms with van der Waals surface area (Å²) in [6.07, 6.45) is 0.798. The van der Waals surface area contributed by atoms with Crippen LogP contribution in [0, 0.1) is 12.3 Å². The molecule has 1 aromatic heterocycles. The van der Waals surface area contributed by atoms with Gasteiger partial charge >= 0.3 is 0 Å². The van der Waals surface area contributed by atoms with Crippen molar-refractivity contribution in [3.05, 3.63) is 23.9 Å². The minimum Gasteiger partial charge on any atom is -0.496 e. The maximum atomic E-state index is 13.1. The summed E-state index contributed by atoms with van der Waals surface area (Å²) in [4.78, 5) is 24.1. The molecule has 0 atom stereocenters. The van der Waals surface area contributed by atoms with E-state index in [0.29, 0.717) is 46.7 Å². The van der Waals surface area contributed by atoms with Crippen LogP contribution in [-0.2, 0) is 4.79 Å². The third kappa shape index (κ3) is 4.60. The highest BCUT2D eigenvalue weighted by molar-refractivity contribution is 5.98. The highest BCUT2D eigenvalue weighted by Crippen LogP contribution is 2.40. The molecular weight excluding hydrogens is 370 g/mol. The summed E-state index contributed by atoms with van der Waals surface area (Å²) in [7, 11) is 4.71. The van der Waals surface area contributed by atoms with Crippen molar-refractivity contribution >= 4 is 11.6 Å². The molecule has 0 saturated carbocycles. The minimum absolute atomic E-state index is 0.00743. The number of hydrogen-bond donors (Lipinski definition) is 0. The molecule has 29 heavy (non-hydrogen) atoms. The first-order valence-electron chi connectivity index (χ1n) is 9.65. The zero-order chi connectivity index (χ0) is 21.8. The normalized spacial score (nSPS) is 11.2. The molecule has 0 unspecified atom stereocenters. The van der Waals surface area contributed by atoms with E-state index in [0.717, 1.165) is 6.42 Å². The Bertz CT molecular complexity index is 853. The van der Waals surface area contributed by atoms with Gasteiger partial charge in [0.15, 0.2) is 5.82 Å². The lowest BCUT2D eigenvalue weighted by molar-refractivity contribution is -0.125. The van der Waals surface area contributed by atoms with Gasteiger partial charge in [-0.3, -0.25) is 4.79 Å². The van der Waals surface area contributed by atoms with E-state index in [2.05, 4.69) is 4.98 Å². The van der Waals surface area contributed by atoms with E-state index < -0.39 is 5.41 Å². The summed E-state index contributed by atoms with van der Waals surface area (Å²) in [5.74, 6) is 1.93. The molecule has 7 nitrogen and oxygen atoms in total. The van der Waals surface area contributed by atoms with Crippen LogP contribution in [0.3, 0.4) is 0 Å². The van der Waals surface area contributed by atoms with Crippen LogP contribution in [0.5, 0.6) is 17.4 Å². The van der Waals surface area contributed by atoms with E-state index >= 15 is 0 Å². The van der Waals surface area contributed by atoms with Gasteiger partial charge in [-0.1, -0.05) is 33.8 Å². The third-order valence-corrected chi connectivity index (χ3v) is 4.47. The van der Waals surface area contributed by atoms with Gasteiger partial charge in [0.25, 0.3) is 0 Å². The number of carbonyl (C=O) groups excluding carboxylic acids is 1. The molecule has 0 aliphatic heterocycles. The van der Waals surface area contributed by atoms with Crippen LogP contribution in [0.15, 0.2) is 18.2 Å². The van der Waals surface area contributed by atoms with Crippen molar-refractivity contribution in [2.75, 3.05) is 32.8 Å². The maximum Gasteiger partial charge on any atom is 0.241 e. The van der Waals surface area contributed by atoms with E-state index in [1.54, 1.807) is 26.2 Å². The minimum atomic E-state index is -0.544. The second-order valence-corrected chi connectivity index (χ2v) is 7.73. The number of methoxy groups -OCH3 is 3. The zero-order valence-corrected chi connectivity index (χ0v) is 18.6. The fraction of sp³-hybridized carbons (Fsp3) is 0.500. The standard InChI is InChI=1S/C22H31N3O4/c1-9-13-25(21(26)22(3,4)5)18-14(2)23-19(24-20(18)29-8)17-15(27-6)11-10-12-16(17)28-7/h10-12H,9,13H2,1-8H3. The number of aryl methyl sites for hydroxylation is 1. The number of amides is 1. The van der Waals surface area contributed by atoms with Crippen LogP contribution in [0.4, 0.5) is 5.69 Å². The highest BCUT2D eigenvalue weighted by atomic mass is 16.5. The smallest absolute Gasteiger partial charge is 0.241 e. The summed E-state index contributed by atoms with van der Waals surface area (Å²) in [6, 6.07) is 5.48. The lowest BCUT2D eigenvalue weighted by Crippen LogP contribution is -2.41. The number of aromatic nitrogens is 2. The second kappa shape index (κ2) is 9.11. The van der Waals surface area contributed by atoms with Crippen LogP contribution < -0.4 is 19.1 Å². The van der Waals surface area contributed by atoms with Crippen molar-refractivity contribution in [2.24, 2.45) is 5.41 Å². The Kier molecular flexibility index (Phi) is 7.06. The quantitative estimate of drug-likeness (QED) is 0.690. The van der Waals surface area contributed by atoms with Gasteiger partial charge in [-0.05, 0) is 25.5 Å². The number of carbonyl (C=O) groups is 1. The number of rotatable bonds is 7. The highest BCUT2D eigenvalue weighted by Gasteiger charge is 2.32. The molecule has 1 aromatic carbocycles. The van der Waals surface area contributed by atoms with Gasteiger partial charge in [-0.25, -0.2) is 4.98 Å². The van der Waals surface area contributed by atoms with Gasteiger partial charge in [-0.15, -0.1) is 0 Å². The van der Waals surface area contributed by atoms with Crippen molar-refractivity contribution in [2.45, 2.75) is 41.0 Å². The van der Waals surface area contributed by atoms with E-state index in [1.165, 1.54) is 0 Å². The van der Waals surface area contributed by atoms with Crippen molar-refractivity contribution in [1.29, 1.82) is 0 Å². The molecule has 0 aliphatic carbocycles. The first-order valence-corrected chi connectivity index (χ1v) is 9.65. The molecule has 0 N–H and O–H groups in total. The molecule has 0 spiro atoms. The Morgan fingerprint density at radius 2 is 1.62 bits per heavy atom. The van der Waals surface area contributed by atoms with Gasteiger partial charge in [-0.2, -0.15) is 4.98 Å². The lowest BCUT2D eigenvalue weighted by atomic mass is 9.94. The van der Waals surface area contributed by atoms with Crippen molar-refractivity contribution in [1.82, 2.24) is 9.97 Å². The summed E-state index contributed by atoms with van der Waals surface area (Å²) in [5, 5.41) is 0. The summed E-state index contributed by atoms with van der Waals surface area (Å²) in [6.45, 7) is 10.1.